The molecule has 3 rings (SSSR count). The first-order valence-corrected chi connectivity index (χ1v) is 15.8. The quantitative estimate of drug-likeness (QED) is 0.102. The van der Waals surface area contributed by atoms with E-state index in [0.717, 1.165) is 5.56 Å². The van der Waals surface area contributed by atoms with Crippen LogP contribution < -0.4 is 21.7 Å². The van der Waals surface area contributed by atoms with Crippen molar-refractivity contribution >= 4 is 41.2 Å². The predicted molar refractivity (Wildman–Crippen MR) is 186 cm³/mol. The highest BCUT2D eigenvalue weighted by atomic mass is 16.6. The van der Waals surface area contributed by atoms with E-state index in [2.05, 4.69) is 16.0 Å². The molecule has 0 fully saturated rings. The minimum Gasteiger partial charge on any atom is -0.460 e. The van der Waals surface area contributed by atoms with E-state index >= 15 is 0 Å². The maximum absolute atomic E-state index is 13.7. The Morgan fingerprint density at radius 2 is 1.37 bits per heavy atom. The molecule has 0 saturated heterocycles. The van der Waals surface area contributed by atoms with Crippen LogP contribution in [0.4, 0.5) is 5.69 Å². The van der Waals surface area contributed by atoms with Crippen LogP contribution >= 0.6 is 0 Å². The van der Waals surface area contributed by atoms with Crippen LogP contribution in [0.1, 0.15) is 75.0 Å². The number of hydrogen-bond donors (Lipinski definition) is 5. The van der Waals surface area contributed by atoms with Crippen molar-refractivity contribution in [3.8, 4) is 0 Å². The number of nitrogens with one attached hydrogen (secondary N) is 4. The van der Waals surface area contributed by atoms with Crippen LogP contribution in [0.15, 0.2) is 78.9 Å². The van der Waals surface area contributed by atoms with Crippen molar-refractivity contribution in [1.82, 2.24) is 10.6 Å². The SMILES string of the molecule is CC(C)(C)OC(=O)C[C@H](NC(=O)c1cccc(NC(=O)Cc2ccc(C(=N)N)cc2)c1)C(=O)N[C@@H](Cc1ccccc1)C(=O)OC(C)(C)C. The fourth-order valence-electron chi connectivity index (χ4n) is 4.62. The Bertz CT molecular complexity index is 1660. The number of amides is 3. The molecule has 49 heavy (non-hydrogen) atoms. The smallest absolute Gasteiger partial charge is 0.329 e. The van der Waals surface area contributed by atoms with Gasteiger partial charge >= 0.3 is 11.9 Å². The maximum atomic E-state index is 13.7. The van der Waals surface area contributed by atoms with E-state index in [0.29, 0.717) is 16.8 Å². The van der Waals surface area contributed by atoms with Crippen LogP contribution in [0.3, 0.4) is 0 Å². The van der Waals surface area contributed by atoms with E-state index in [4.69, 9.17) is 20.6 Å². The van der Waals surface area contributed by atoms with Gasteiger partial charge in [0.1, 0.15) is 29.1 Å². The highest BCUT2D eigenvalue weighted by Gasteiger charge is 2.32. The van der Waals surface area contributed by atoms with Crippen LogP contribution in [0.25, 0.3) is 0 Å². The van der Waals surface area contributed by atoms with Crippen LogP contribution in [0.5, 0.6) is 0 Å². The van der Waals surface area contributed by atoms with Crippen molar-refractivity contribution in [2.75, 3.05) is 5.32 Å². The Balaban J connectivity index is 1.79. The molecule has 3 aromatic carbocycles. The number of rotatable bonds is 13. The number of nitrogens with two attached hydrogens (primary N) is 1. The number of amidine groups is 1. The standard InChI is InChI=1S/C37H45N5O7/c1-36(2,3)48-31(44)22-28(34(46)42-29(35(47)49-37(4,5)6)19-23-11-8-7-9-12-23)41-33(45)26-13-10-14-27(21-26)40-30(43)20-24-15-17-25(18-16-24)32(38)39/h7-18,21,28-29H,19-20,22H2,1-6H3,(H3,38,39)(H,40,43)(H,41,45)(H,42,46)/t28-,29-/m0/s1. The van der Waals surface area contributed by atoms with Gasteiger partial charge in [-0.05, 0) is 70.9 Å². The van der Waals surface area contributed by atoms with E-state index in [-0.39, 0.29) is 30.1 Å². The number of carbonyl (C=O) groups is 5. The molecule has 2 atom stereocenters. The number of hydrogen-bond acceptors (Lipinski definition) is 8. The van der Waals surface area contributed by atoms with Crippen molar-refractivity contribution in [3.63, 3.8) is 0 Å². The zero-order chi connectivity index (χ0) is 36.4. The van der Waals surface area contributed by atoms with Gasteiger partial charge in [0.15, 0.2) is 0 Å². The number of ether oxygens (including phenoxy) is 2. The first-order chi connectivity index (χ1) is 22.9. The molecule has 0 unspecified atom stereocenters. The van der Waals surface area contributed by atoms with Crippen molar-refractivity contribution in [2.45, 2.75) is 84.1 Å². The Kier molecular flexibility index (Phi) is 12.8. The van der Waals surface area contributed by atoms with Gasteiger partial charge in [-0.2, -0.15) is 0 Å². The fraction of sp³-hybridized carbons (Fsp3) is 0.351. The normalized spacial score (nSPS) is 12.5. The molecule has 0 saturated carbocycles. The van der Waals surface area contributed by atoms with E-state index in [1.165, 1.54) is 12.1 Å². The second kappa shape index (κ2) is 16.5. The van der Waals surface area contributed by atoms with Crippen molar-refractivity contribution in [1.29, 1.82) is 5.41 Å². The molecule has 0 aliphatic rings. The lowest BCUT2D eigenvalue weighted by atomic mass is 10.0. The largest absolute Gasteiger partial charge is 0.460 e. The van der Waals surface area contributed by atoms with Gasteiger partial charge in [-0.25, -0.2) is 4.79 Å². The van der Waals surface area contributed by atoms with Gasteiger partial charge < -0.3 is 31.2 Å². The van der Waals surface area contributed by atoms with Crippen LogP contribution in [-0.4, -0.2) is 58.8 Å². The fourth-order valence-corrected chi connectivity index (χ4v) is 4.62. The molecular formula is C37H45N5O7. The Morgan fingerprint density at radius 3 is 1.96 bits per heavy atom. The minimum absolute atomic E-state index is 0.0362. The summed E-state index contributed by atoms with van der Waals surface area (Å²) in [6, 6.07) is 19.3. The Hall–Kier alpha value is -5.52. The molecule has 0 aliphatic carbocycles. The first-order valence-electron chi connectivity index (χ1n) is 15.8. The third-order valence-electron chi connectivity index (χ3n) is 6.74. The molecule has 0 aliphatic heterocycles. The summed E-state index contributed by atoms with van der Waals surface area (Å²) in [5.41, 5.74) is 6.25. The Morgan fingerprint density at radius 1 is 0.735 bits per heavy atom. The van der Waals surface area contributed by atoms with Crippen LogP contribution in [0.2, 0.25) is 0 Å². The van der Waals surface area contributed by atoms with Gasteiger partial charge in [0.25, 0.3) is 5.91 Å². The van der Waals surface area contributed by atoms with Gasteiger partial charge in [-0.15, -0.1) is 0 Å². The summed E-state index contributed by atoms with van der Waals surface area (Å²) in [6.45, 7) is 10.2. The molecule has 0 radical (unpaired) electrons. The summed E-state index contributed by atoms with van der Waals surface area (Å²) < 4.78 is 11.0. The highest BCUT2D eigenvalue weighted by Crippen LogP contribution is 2.16. The van der Waals surface area contributed by atoms with Gasteiger partial charge in [-0.1, -0.05) is 60.7 Å². The number of benzene rings is 3. The molecule has 3 amide bonds. The zero-order valence-corrected chi connectivity index (χ0v) is 28.7. The summed E-state index contributed by atoms with van der Waals surface area (Å²) in [6.07, 6.45) is -0.369. The summed E-state index contributed by atoms with van der Waals surface area (Å²) >= 11 is 0. The third kappa shape index (κ3) is 13.3. The van der Waals surface area contributed by atoms with Crippen molar-refractivity contribution < 1.29 is 33.4 Å². The molecule has 0 bridgehead atoms. The maximum Gasteiger partial charge on any atom is 0.329 e. The average Bonchev–Trinajstić information content (AvgIpc) is 2.99. The molecule has 6 N–H and O–H groups in total. The van der Waals surface area contributed by atoms with Gasteiger partial charge in [0.2, 0.25) is 11.8 Å². The van der Waals surface area contributed by atoms with Gasteiger partial charge in [0, 0.05) is 23.2 Å². The molecule has 12 nitrogen and oxygen atoms in total. The lowest BCUT2D eigenvalue weighted by molar-refractivity contribution is -0.159. The van der Waals surface area contributed by atoms with Crippen molar-refractivity contribution in [3.05, 3.63) is 101 Å². The minimum atomic E-state index is -1.42. The van der Waals surface area contributed by atoms with Gasteiger partial charge in [-0.3, -0.25) is 24.6 Å². The summed E-state index contributed by atoms with van der Waals surface area (Å²) in [5, 5.41) is 15.5. The molecule has 3 aromatic rings. The molecular weight excluding hydrogens is 626 g/mol. The van der Waals surface area contributed by atoms with Crippen LogP contribution in [0, 0.1) is 5.41 Å². The van der Waals surface area contributed by atoms with E-state index in [1.807, 2.05) is 6.07 Å². The zero-order valence-electron chi connectivity index (χ0n) is 28.7. The summed E-state index contributed by atoms with van der Waals surface area (Å²) in [5.74, 6) is -3.32. The summed E-state index contributed by atoms with van der Waals surface area (Å²) in [7, 11) is 0. The molecule has 0 spiro atoms. The highest BCUT2D eigenvalue weighted by molar-refractivity contribution is 6.01. The molecule has 0 aromatic heterocycles. The first kappa shape index (κ1) is 37.9. The third-order valence-corrected chi connectivity index (χ3v) is 6.74. The molecule has 0 heterocycles. The molecule has 12 heteroatoms. The monoisotopic (exact) mass is 671 g/mol. The predicted octanol–water partition coefficient (Wildman–Crippen LogP) is 4.05. The second-order valence-electron chi connectivity index (χ2n) is 13.5. The topological polar surface area (TPSA) is 190 Å². The second-order valence-corrected chi connectivity index (χ2v) is 13.5. The van der Waals surface area contributed by atoms with Crippen molar-refractivity contribution in [2.24, 2.45) is 5.73 Å². The number of carbonyl (C=O) groups excluding carboxylic acids is 5. The van der Waals surface area contributed by atoms with E-state index in [9.17, 15) is 24.0 Å². The lowest BCUT2D eigenvalue weighted by Gasteiger charge is -2.27. The molecule has 260 valence electrons. The van der Waals surface area contributed by atoms with E-state index < -0.39 is 53.5 Å². The Labute approximate surface area is 286 Å². The average molecular weight is 672 g/mol. The van der Waals surface area contributed by atoms with Crippen LogP contribution in [-0.2, 0) is 41.5 Å². The lowest BCUT2D eigenvalue weighted by Crippen LogP contribution is -2.54. The van der Waals surface area contributed by atoms with Gasteiger partial charge in [0.05, 0.1) is 12.8 Å². The van der Waals surface area contributed by atoms with E-state index in [1.54, 1.807) is 102 Å². The number of nitrogen functional groups attached to an aromatic ring is 1. The number of esters is 2. The summed E-state index contributed by atoms with van der Waals surface area (Å²) in [4.78, 5) is 66.0. The number of anilines is 1.